The van der Waals surface area contributed by atoms with Gasteiger partial charge in [-0.15, -0.1) is 0 Å². The van der Waals surface area contributed by atoms with Gasteiger partial charge in [-0.3, -0.25) is 14.7 Å². The Morgan fingerprint density at radius 1 is 1.33 bits per heavy atom. The normalized spacial score (nSPS) is 15.6. The standard InChI is InChI=1S/C21H23ClFN5O2/c1-2-27-7-5-13(6-8-27)11-24-21(30)15-12-25-28-19(29)10-18(26-20(15)28)14-3-4-17(23)16(22)9-14/h3-4,9-10,12-13,25H,2,5-8,11H2,1H3,(H,24,30). The van der Waals surface area contributed by atoms with E-state index in [1.165, 1.54) is 35.0 Å². The third kappa shape index (κ3) is 4.11. The molecule has 1 amide bonds. The van der Waals surface area contributed by atoms with Gasteiger partial charge in [-0.1, -0.05) is 18.5 Å². The molecule has 1 aliphatic rings. The summed E-state index contributed by atoms with van der Waals surface area (Å²) in [6, 6.07) is 5.44. The van der Waals surface area contributed by atoms with Gasteiger partial charge in [-0.2, -0.15) is 0 Å². The number of H-pyrrole nitrogens is 1. The first kappa shape index (κ1) is 20.6. The Kier molecular flexibility index (Phi) is 5.87. The fraction of sp³-hybridized carbons (Fsp3) is 0.381. The fourth-order valence-corrected chi connectivity index (χ4v) is 3.97. The summed E-state index contributed by atoms with van der Waals surface area (Å²) in [5.74, 6) is -0.396. The first-order valence-corrected chi connectivity index (χ1v) is 10.4. The molecule has 4 rings (SSSR count). The SMILES string of the molecule is CCN1CCC(CNC(=O)c2c[nH]n3c(=O)cc(-c4ccc(F)c(Cl)c4)nc23)CC1. The van der Waals surface area contributed by atoms with Crippen LogP contribution in [0.4, 0.5) is 4.39 Å². The molecule has 30 heavy (non-hydrogen) atoms. The van der Waals surface area contributed by atoms with E-state index in [0.717, 1.165) is 32.5 Å². The smallest absolute Gasteiger partial charge is 0.273 e. The predicted octanol–water partition coefficient (Wildman–Crippen LogP) is 2.94. The molecule has 158 valence electrons. The minimum atomic E-state index is -0.551. The zero-order valence-corrected chi connectivity index (χ0v) is 17.4. The second-order valence-electron chi connectivity index (χ2n) is 7.54. The first-order chi connectivity index (χ1) is 14.5. The van der Waals surface area contributed by atoms with Gasteiger partial charge in [0.1, 0.15) is 11.4 Å². The molecule has 1 aromatic carbocycles. The van der Waals surface area contributed by atoms with Gasteiger partial charge in [0, 0.05) is 24.4 Å². The molecule has 0 atom stereocenters. The number of likely N-dealkylation sites (tertiary alicyclic amines) is 1. The van der Waals surface area contributed by atoms with Crippen LogP contribution in [0.25, 0.3) is 16.9 Å². The molecule has 0 aliphatic carbocycles. The second-order valence-corrected chi connectivity index (χ2v) is 7.95. The van der Waals surface area contributed by atoms with Crippen LogP contribution in [0.15, 0.2) is 35.3 Å². The summed E-state index contributed by atoms with van der Waals surface area (Å²) in [7, 11) is 0. The molecule has 2 aromatic heterocycles. The van der Waals surface area contributed by atoms with Crippen LogP contribution in [0, 0.1) is 11.7 Å². The van der Waals surface area contributed by atoms with Gasteiger partial charge in [0.2, 0.25) is 0 Å². The van der Waals surface area contributed by atoms with E-state index < -0.39 is 5.82 Å². The summed E-state index contributed by atoms with van der Waals surface area (Å²) in [5.41, 5.74) is 0.949. The lowest BCUT2D eigenvalue weighted by atomic mass is 9.97. The van der Waals surface area contributed by atoms with Crippen molar-refractivity contribution in [1.82, 2.24) is 24.8 Å². The second kappa shape index (κ2) is 8.57. The number of hydrogen-bond donors (Lipinski definition) is 2. The van der Waals surface area contributed by atoms with E-state index in [1.807, 2.05) is 0 Å². The Hall–Kier alpha value is -2.71. The van der Waals surface area contributed by atoms with Crippen LogP contribution in [0.1, 0.15) is 30.1 Å². The Labute approximate surface area is 177 Å². The van der Waals surface area contributed by atoms with Crippen molar-refractivity contribution in [2.75, 3.05) is 26.2 Å². The number of nitrogens with one attached hydrogen (secondary N) is 2. The van der Waals surface area contributed by atoms with Crippen LogP contribution >= 0.6 is 11.6 Å². The lowest BCUT2D eigenvalue weighted by Gasteiger charge is -2.30. The molecule has 1 fully saturated rings. The Balaban J connectivity index is 1.55. The molecule has 3 heterocycles. The molecule has 1 aliphatic heterocycles. The van der Waals surface area contributed by atoms with Crippen molar-refractivity contribution in [3.63, 3.8) is 0 Å². The average molecular weight is 432 g/mol. The fourth-order valence-electron chi connectivity index (χ4n) is 3.79. The highest BCUT2D eigenvalue weighted by molar-refractivity contribution is 6.31. The number of piperidine rings is 1. The van der Waals surface area contributed by atoms with Crippen molar-refractivity contribution in [2.24, 2.45) is 5.92 Å². The van der Waals surface area contributed by atoms with Gasteiger partial charge in [0.05, 0.1) is 10.7 Å². The van der Waals surface area contributed by atoms with Crippen molar-refractivity contribution in [3.8, 4) is 11.3 Å². The Morgan fingerprint density at radius 2 is 2.10 bits per heavy atom. The number of aromatic nitrogens is 3. The van der Waals surface area contributed by atoms with E-state index in [-0.39, 0.29) is 27.7 Å². The monoisotopic (exact) mass is 431 g/mol. The molecule has 0 saturated carbocycles. The minimum absolute atomic E-state index is 0.0596. The van der Waals surface area contributed by atoms with Crippen LogP contribution in [0.3, 0.4) is 0 Å². The third-order valence-corrected chi connectivity index (χ3v) is 5.95. The zero-order valence-electron chi connectivity index (χ0n) is 16.6. The van der Waals surface area contributed by atoms with Crippen molar-refractivity contribution in [3.05, 3.63) is 57.2 Å². The quantitative estimate of drug-likeness (QED) is 0.650. The van der Waals surface area contributed by atoms with Crippen molar-refractivity contribution >= 4 is 23.2 Å². The number of carbonyl (C=O) groups is 1. The minimum Gasteiger partial charge on any atom is -0.352 e. The van der Waals surface area contributed by atoms with E-state index in [9.17, 15) is 14.0 Å². The zero-order chi connectivity index (χ0) is 21.3. The van der Waals surface area contributed by atoms with Crippen LogP contribution in [-0.4, -0.2) is 51.6 Å². The molecule has 0 radical (unpaired) electrons. The first-order valence-electron chi connectivity index (χ1n) is 10.0. The van der Waals surface area contributed by atoms with Gasteiger partial charge < -0.3 is 10.2 Å². The van der Waals surface area contributed by atoms with Gasteiger partial charge >= 0.3 is 0 Å². The van der Waals surface area contributed by atoms with Gasteiger partial charge in [-0.05, 0) is 56.6 Å². The molecule has 7 nitrogen and oxygen atoms in total. The van der Waals surface area contributed by atoms with E-state index in [0.29, 0.717) is 23.7 Å². The molecule has 3 aromatic rings. The summed E-state index contributed by atoms with van der Waals surface area (Å²) in [6.45, 7) is 5.89. The number of hydrogen-bond acceptors (Lipinski definition) is 4. The highest BCUT2D eigenvalue weighted by atomic mass is 35.5. The molecular weight excluding hydrogens is 409 g/mol. The summed E-state index contributed by atoms with van der Waals surface area (Å²) in [5, 5.41) is 5.69. The molecule has 2 N–H and O–H groups in total. The highest BCUT2D eigenvalue weighted by Crippen LogP contribution is 2.23. The third-order valence-electron chi connectivity index (χ3n) is 5.66. The molecule has 0 unspecified atom stereocenters. The maximum absolute atomic E-state index is 13.5. The summed E-state index contributed by atoms with van der Waals surface area (Å²) >= 11 is 5.86. The topological polar surface area (TPSA) is 82.5 Å². The number of benzene rings is 1. The van der Waals surface area contributed by atoms with Crippen molar-refractivity contribution < 1.29 is 9.18 Å². The van der Waals surface area contributed by atoms with Crippen LogP contribution in [0.2, 0.25) is 5.02 Å². The van der Waals surface area contributed by atoms with Gasteiger partial charge in [0.15, 0.2) is 5.65 Å². The molecule has 0 bridgehead atoms. The number of aromatic amines is 1. The van der Waals surface area contributed by atoms with Crippen LogP contribution in [-0.2, 0) is 0 Å². The number of rotatable bonds is 5. The molecule has 0 spiro atoms. The van der Waals surface area contributed by atoms with E-state index in [2.05, 4.69) is 27.2 Å². The average Bonchev–Trinajstić information content (AvgIpc) is 3.19. The summed E-state index contributed by atoms with van der Waals surface area (Å²) in [6.07, 6.45) is 3.57. The van der Waals surface area contributed by atoms with Crippen molar-refractivity contribution in [1.29, 1.82) is 0 Å². The maximum atomic E-state index is 13.5. The lowest BCUT2D eigenvalue weighted by molar-refractivity contribution is 0.0938. The highest BCUT2D eigenvalue weighted by Gasteiger charge is 2.21. The Morgan fingerprint density at radius 3 is 2.80 bits per heavy atom. The van der Waals surface area contributed by atoms with E-state index in [4.69, 9.17) is 11.6 Å². The molecule has 1 saturated heterocycles. The number of nitrogens with zero attached hydrogens (tertiary/aromatic N) is 3. The van der Waals surface area contributed by atoms with Gasteiger partial charge in [-0.25, -0.2) is 13.9 Å². The maximum Gasteiger partial charge on any atom is 0.273 e. The number of amides is 1. The van der Waals surface area contributed by atoms with E-state index >= 15 is 0 Å². The summed E-state index contributed by atoms with van der Waals surface area (Å²) in [4.78, 5) is 32.1. The number of fused-ring (bicyclic) bond motifs is 1. The summed E-state index contributed by atoms with van der Waals surface area (Å²) < 4.78 is 14.7. The van der Waals surface area contributed by atoms with Gasteiger partial charge in [0.25, 0.3) is 11.5 Å². The number of carbonyl (C=O) groups excluding carboxylic acids is 1. The predicted molar refractivity (Wildman–Crippen MR) is 113 cm³/mol. The molecule has 9 heteroatoms. The largest absolute Gasteiger partial charge is 0.352 e. The van der Waals surface area contributed by atoms with Crippen LogP contribution in [0.5, 0.6) is 0 Å². The Bertz CT molecular complexity index is 1130. The lowest BCUT2D eigenvalue weighted by Crippen LogP contribution is -2.38. The number of halogens is 2. The van der Waals surface area contributed by atoms with Crippen molar-refractivity contribution in [2.45, 2.75) is 19.8 Å². The van der Waals surface area contributed by atoms with E-state index in [1.54, 1.807) is 0 Å². The molecular formula is C21H23ClFN5O2. The van der Waals surface area contributed by atoms with Crippen LogP contribution < -0.4 is 10.9 Å².